The molecule has 0 aromatic carbocycles. The van der Waals surface area contributed by atoms with Crippen molar-refractivity contribution < 1.29 is 4.79 Å². The molecule has 1 amide bonds. The molecule has 1 fully saturated rings. The van der Waals surface area contributed by atoms with E-state index in [9.17, 15) is 4.79 Å². The number of carbonyl (C=O) groups is 1. The Balaban J connectivity index is 2.39. The molecule has 2 atom stereocenters. The lowest BCUT2D eigenvalue weighted by molar-refractivity contribution is -0.127. The van der Waals surface area contributed by atoms with Crippen LogP contribution in [-0.2, 0) is 4.79 Å². The highest BCUT2D eigenvalue weighted by Gasteiger charge is 2.39. The van der Waals surface area contributed by atoms with E-state index in [1.807, 2.05) is 0 Å². The van der Waals surface area contributed by atoms with E-state index in [1.54, 1.807) is 0 Å². The summed E-state index contributed by atoms with van der Waals surface area (Å²) in [6.45, 7) is 8.08. The molecule has 100 valence electrons. The van der Waals surface area contributed by atoms with E-state index in [1.165, 1.54) is 12.8 Å². The van der Waals surface area contributed by atoms with Gasteiger partial charge in [-0.15, -0.1) is 0 Å². The summed E-state index contributed by atoms with van der Waals surface area (Å²) in [4.78, 5) is 12.1. The smallest absolute Gasteiger partial charge is 0.223 e. The van der Waals surface area contributed by atoms with E-state index < -0.39 is 0 Å². The SMILES string of the molecule is CCC(CCN)CNC(=O)C1CCCC1(C)C. The van der Waals surface area contributed by atoms with Crippen LogP contribution < -0.4 is 11.1 Å². The van der Waals surface area contributed by atoms with Crippen LogP contribution in [0.25, 0.3) is 0 Å². The molecule has 1 saturated carbocycles. The van der Waals surface area contributed by atoms with Crippen molar-refractivity contribution in [1.29, 1.82) is 0 Å². The van der Waals surface area contributed by atoms with Gasteiger partial charge in [0.05, 0.1) is 0 Å². The number of amides is 1. The standard InChI is InChI=1S/C14H28N2O/c1-4-11(7-9-15)10-16-13(17)12-6-5-8-14(12,2)3/h11-12H,4-10,15H2,1-3H3,(H,16,17). The molecule has 0 heterocycles. The Morgan fingerprint density at radius 2 is 2.24 bits per heavy atom. The molecule has 3 nitrogen and oxygen atoms in total. The van der Waals surface area contributed by atoms with Gasteiger partial charge in [0.2, 0.25) is 5.91 Å². The van der Waals surface area contributed by atoms with Crippen molar-refractivity contribution in [3.05, 3.63) is 0 Å². The molecule has 2 unspecified atom stereocenters. The molecule has 3 heteroatoms. The minimum atomic E-state index is 0.180. The molecule has 0 aromatic heterocycles. The van der Waals surface area contributed by atoms with Crippen LogP contribution in [0.4, 0.5) is 0 Å². The lowest BCUT2D eigenvalue weighted by atomic mass is 9.81. The van der Waals surface area contributed by atoms with Crippen molar-refractivity contribution in [2.45, 2.75) is 52.9 Å². The predicted molar refractivity (Wildman–Crippen MR) is 71.6 cm³/mol. The van der Waals surface area contributed by atoms with Crippen molar-refractivity contribution >= 4 is 5.91 Å². The van der Waals surface area contributed by atoms with Gasteiger partial charge in [0.25, 0.3) is 0 Å². The Labute approximate surface area is 106 Å². The zero-order chi connectivity index (χ0) is 12.9. The van der Waals surface area contributed by atoms with Gasteiger partial charge in [0.1, 0.15) is 0 Å². The van der Waals surface area contributed by atoms with E-state index in [0.717, 1.165) is 25.8 Å². The molecular weight excluding hydrogens is 212 g/mol. The average molecular weight is 240 g/mol. The molecule has 0 radical (unpaired) electrons. The highest BCUT2D eigenvalue weighted by atomic mass is 16.1. The third-order valence-corrected chi connectivity index (χ3v) is 4.29. The van der Waals surface area contributed by atoms with E-state index in [2.05, 4.69) is 26.1 Å². The summed E-state index contributed by atoms with van der Waals surface area (Å²) < 4.78 is 0. The number of nitrogens with one attached hydrogen (secondary N) is 1. The number of hydrogen-bond donors (Lipinski definition) is 2. The Kier molecular flexibility index (Phi) is 5.44. The fourth-order valence-corrected chi connectivity index (χ4v) is 2.87. The summed E-state index contributed by atoms with van der Waals surface area (Å²) in [6.07, 6.45) is 5.50. The highest BCUT2D eigenvalue weighted by Crippen LogP contribution is 2.42. The Hall–Kier alpha value is -0.570. The van der Waals surface area contributed by atoms with Gasteiger partial charge in [0, 0.05) is 12.5 Å². The Morgan fingerprint density at radius 3 is 2.71 bits per heavy atom. The number of rotatable bonds is 6. The normalized spacial score (nSPS) is 24.6. The van der Waals surface area contributed by atoms with E-state index >= 15 is 0 Å². The van der Waals surface area contributed by atoms with Crippen molar-refractivity contribution in [3.63, 3.8) is 0 Å². The third-order valence-electron chi connectivity index (χ3n) is 4.29. The monoisotopic (exact) mass is 240 g/mol. The van der Waals surface area contributed by atoms with Crippen LogP contribution in [0.15, 0.2) is 0 Å². The van der Waals surface area contributed by atoms with Crippen LogP contribution in [0.1, 0.15) is 52.9 Å². The van der Waals surface area contributed by atoms with Gasteiger partial charge in [-0.1, -0.05) is 33.6 Å². The minimum Gasteiger partial charge on any atom is -0.356 e. The predicted octanol–water partition coefficient (Wildman–Crippen LogP) is 2.30. The zero-order valence-electron chi connectivity index (χ0n) is 11.6. The molecule has 17 heavy (non-hydrogen) atoms. The molecule has 0 bridgehead atoms. The van der Waals surface area contributed by atoms with Gasteiger partial charge in [-0.25, -0.2) is 0 Å². The average Bonchev–Trinajstić information content (AvgIpc) is 2.63. The highest BCUT2D eigenvalue weighted by molar-refractivity contribution is 5.79. The molecule has 1 rings (SSSR count). The second-order valence-electron chi connectivity index (χ2n) is 6.03. The second-order valence-corrected chi connectivity index (χ2v) is 6.03. The summed E-state index contributed by atoms with van der Waals surface area (Å²) in [5, 5.41) is 3.12. The van der Waals surface area contributed by atoms with Crippen LogP contribution in [0.2, 0.25) is 0 Å². The minimum absolute atomic E-state index is 0.180. The first-order valence-electron chi connectivity index (χ1n) is 6.99. The summed E-state index contributed by atoms with van der Waals surface area (Å²) in [7, 11) is 0. The molecular formula is C14H28N2O. The zero-order valence-corrected chi connectivity index (χ0v) is 11.6. The maximum atomic E-state index is 12.1. The number of nitrogens with two attached hydrogens (primary N) is 1. The largest absolute Gasteiger partial charge is 0.356 e. The molecule has 3 N–H and O–H groups in total. The second kappa shape index (κ2) is 6.39. The van der Waals surface area contributed by atoms with E-state index in [4.69, 9.17) is 5.73 Å². The van der Waals surface area contributed by atoms with Gasteiger partial charge in [-0.2, -0.15) is 0 Å². The molecule has 0 aliphatic heterocycles. The topological polar surface area (TPSA) is 55.1 Å². The number of carbonyl (C=O) groups excluding carboxylic acids is 1. The fraction of sp³-hybridized carbons (Fsp3) is 0.929. The van der Waals surface area contributed by atoms with Crippen LogP contribution in [0.5, 0.6) is 0 Å². The molecule has 0 spiro atoms. The first-order chi connectivity index (χ1) is 8.01. The maximum absolute atomic E-state index is 12.1. The van der Waals surface area contributed by atoms with Crippen molar-refractivity contribution in [2.75, 3.05) is 13.1 Å². The van der Waals surface area contributed by atoms with Crippen molar-refractivity contribution in [1.82, 2.24) is 5.32 Å². The Bertz CT molecular complexity index is 251. The first-order valence-corrected chi connectivity index (χ1v) is 6.99. The van der Waals surface area contributed by atoms with Gasteiger partial charge in [-0.05, 0) is 37.1 Å². The maximum Gasteiger partial charge on any atom is 0.223 e. The molecule has 1 aliphatic carbocycles. The summed E-state index contributed by atoms with van der Waals surface area (Å²) in [6, 6.07) is 0. The van der Waals surface area contributed by atoms with Gasteiger partial charge in [0.15, 0.2) is 0 Å². The number of hydrogen-bond acceptors (Lipinski definition) is 2. The first kappa shape index (κ1) is 14.5. The van der Waals surface area contributed by atoms with Crippen molar-refractivity contribution in [2.24, 2.45) is 23.0 Å². The summed E-state index contributed by atoms with van der Waals surface area (Å²) in [5.74, 6) is 0.995. The van der Waals surface area contributed by atoms with Crippen LogP contribution in [0.3, 0.4) is 0 Å². The molecule has 1 aliphatic rings. The van der Waals surface area contributed by atoms with Crippen molar-refractivity contribution in [3.8, 4) is 0 Å². The van der Waals surface area contributed by atoms with E-state index in [0.29, 0.717) is 12.5 Å². The lowest BCUT2D eigenvalue weighted by Gasteiger charge is -2.26. The quantitative estimate of drug-likeness (QED) is 0.748. The summed E-state index contributed by atoms with van der Waals surface area (Å²) in [5.41, 5.74) is 5.74. The third kappa shape index (κ3) is 3.98. The molecule has 0 saturated heterocycles. The lowest BCUT2D eigenvalue weighted by Crippen LogP contribution is -2.38. The summed E-state index contributed by atoms with van der Waals surface area (Å²) >= 11 is 0. The molecule has 0 aromatic rings. The van der Waals surface area contributed by atoms with Gasteiger partial charge in [-0.3, -0.25) is 4.79 Å². The van der Waals surface area contributed by atoms with Gasteiger partial charge >= 0.3 is 0 Å². The van der Waals surface area contributed by atoms with Crippen LogP contribution in [0, 0.1) is 17.3 Å². The van der Waals surface area contributed by atoms with Crippen LogP contribution in [-0.4, -0.2) is 19.0 Å². The van der Waals surface area contributed by atoms with Gasteiger partial charge < -0.3 is 11.1 Å². The van der Waals surface area contributed by atoms with Crippen LogP contribution >= 0.6 is 0 Å². The van der Waals surface area contributed by atoms with E-state index in [-0.39, 0.29) is 17.2 Å². The Morgan fingerprint density at radius 1 is 1.53 bits per heavy atom. The fourth-order valence-electron chi connectivity index (χ4n) is 2.87.